The molecule has 0 aromatic heterocycles. The number of hydrogen-bond acceptors (Lipinski definition) is 4. The smallest absolute Gasteiger partial charge is 0.222 e. The minimum atomic E-state index is -0.214. The maximum absolute atomic E-state index is 11.6. The zero-order valence-corrected chi connectivity index (χ0v) is 11.0. The maximum atomic E-state index is 11.6. The predicted octanol–water partition coefficient (Wildman–Crippen LogP) is 1.29. The van der Waals surface area contributed by atoms with Gasteiger partial charge in [-0.15, -0.1) is 0 Å². The number of amides is 1. The molecule has 1 saturated heterocycles. The zero-order chi connectivity index (χ0) is 13.4. The van der Waals surface area contributed by atoms with E-state index >= 15 is 0 Å². The Labute approximate surface area is 112 Å². The Kier molecular flexibility index (Phi) is 2.98. The number of rotatable bonds is 2. The molecule has 1 amide bonds. The van der Waals surface area contributed by atoms with Crippen LogP contribution < -0.4 is 11.1 Å². The van der Waals surface area contributed by atoms with E-state index in [9.17, 15) is 4.79 Å². The fraction of sp³-hybridized carbons (Fsp3) is 0.429. The molecule has 0 spiro atoms. The highest BCUT2D eigenvalue weighted by Crippen LogP contribution is 2.39. The quantitative estimate of drug-likeness (QED) is 0.839. The molecule has 1 aromatic rings. The summed E-state index contributed by atoms with van der Waals surface area (Å²) in [6.45, 7) is 1.66. The van der Waals surface area contributed by atoms with Gasteiger partial charge in [-0.1, -0.05) is 6.07 Å². The normalized spacial score (nSPS) is 25.9. The fourth-order valence-corrected chi connectivity index (χ4v) is 3.02. The van der Waals surface area contributed by atoms with Gasteiger partial charge in [-0.05, 0) is 37.7 Å². The largest absolute Gasteiger partial charge is 0.378 e. The Morgan fingerprint density at radius 1 is 1.53 bits per heavy atom. The molecule has 1 aromatic carbocycles. The molecule has 3 rings (SSSR count). The van der Waals surface area contributed by atoms with Crippen molar-refractivity contribution in [3.8, 4) is 0 Å². The molecule has 5 nitrogen and oxygen atoms in total. The van der Waals surface area contributed by atoms with Crippen LogP contribution in [0.2, 0.25) is 0 Å². The van der Waals surface area contributed by atoms with E-state index in [1.807, 2.05) is 19.3 Å². The Balaban J connectivity index is 1.97. The number of nitrogens with one attached hydrogen (secondary N) is 1. The van der Waals surface area contributed by atoms with Gasteiger partial charge in [0.25, 0.3) is 0 Å². The first kappa shape index (κ1) is 12.2. The van der Waals surface area contributed by atoms with Crippen molar-refractivity contribution >= 4 is 23.5 Å². The first-order valence-corrected chi connectivity index (χ1v) is 6.57. The van der Waals surface area contributed by atoms with Crippen molar-refractivity contribution in [3.05, 3.63) is 23.8 Å². The highest BCUT2D eigenvalue weighted by molar-refractivity contribution is 5.81. The van der Waals surface area contributed by atoms with Crippen LogP contribution in [0.5, 0.6) is 0 Å². The van der Waals surface area contributed by atoms with Gasteiger partial charge in [0.1, 0.15) is 0 Å². The third-order valence-corrected chi connectivity index (χ3v) is 3.99. The van der Waals surface area contributed by atoms with Crippen molar-refractivity contribution < 1.29 is 4.79 Å². The van der Waals surface area contributed by atoms with Gasteiger partial charge in [0.2, 0.25) is 5.91 Å². The molecule has 0 radical (unpaired) electrons. The number of hydrogen-bond donors (Lipinski definition) is 2. The SMILES string of the molecule is CN1CCC(C(N)=O)C1c1ccc2c(c1)N=CCN2. The van der Waals surface area contributed by atoms with Crippen LogP contribution in [-0.4, -0.2) is 37.2 Å². The minimum absolute atomic E-state index is 0.0694. The molecule has 2 unspecified atom stereocenters. The van der Waals surface area contributed by atoms with E-state index in [4.69, 9.17) is 5.73 Å². The number of carbonyl (C=O) groups excluding carboxylic acids is 1. The van der Waals surface area contributed by atoms with Gasteiger partial charge < -0.3 is 11.1 Å². The predicted molar refractivity (Wildman–Crippen MR) is 75.8 cm³/mol. The molecule has 0 bridgehead atoms. The van der Waals surface area contributed by atoms with Gasteiger partial charge in [0, 0.05) is 12.3 Å². The average Bonchev–Trinajstić information content (AvgIpc) is 2.80. The molecule has 0 aliphatic carbocycles. The second-order valence-corrected chi connectivity index (χ2v) is 5.19. The number of carbonyl (C=O) groups is 1. The summed E-state index contributed by atoms with van der Waals surface area (Å²) in [5.41, 5.74) is 8.61. The Morgan fingerprint density at radius 3 is 3.16 bits per heavy atom. The van der Waals surface area contributed by atoms with E-state index in [0.717, 1.165) is 36.4 Å². The number of primary amides is 1. The molecule has 2 aliphatic rings. The van der Waals surface area contributed by atoms with Crippen molar-refractivity contribution in [1.29, 1.82) is 0 Å². The maximum Gasteiger partial charge on any atom is 0.222 e. The molecular weight excluding hydrogens is 240 g/mol. The Morgan fingerprint density at radius 2 is 2.37 bits per heavy atom. The lowest BCUT2D eigenvalue weighted by molar-refractivity contribution is -0.122. The van der Waals surface area contributed by atoms with Crippen molar-refractivity contribution in [3.63, 3.8) is 0 Å². The fourth-order valence-electron chi connectivity index (χ4n) is 3.02. The molecule has 2 atom stereocenters. The van der Waals surface area contributed by atoms with Crippen LogP contribution in [0.4, 0.5) is 11.4 Å². The molecule has 3 N–H and O–H groups in total. The second-order valence-electron chi connectivity index (χ2n) is 5.19. The molecule has 100 valence electrons. The van der Waals surface area contributed by atoms with Gasteiger partial charge in [-0.25, -0.2) is 0 Å². The Bertz CT molecular complexity index is 540. The van der Waals surface area contributed by atoms with Gasteiger partial charge in [0.05, 0.1) is 23.8 Å². The molecule has 0 saturated carbocycles. The van der Waals surface area contributed by atoms with E-state index in [0.29, 0.717) is 0 Å². The number of likely N-dealkylation sites (tertiary alicyclic amines) is 1. The van der Waals surface area contributed by atoms with Crippen molar-refractivity contribution in [1.82, 2.24) is 4.90 Å². The number of aliphatic imine (C=N–C) groups is 1. The number of benzene rings is 1. The lowest BCUT2D eigenvalue weighted by atomic mass is 9.92. The van der Waals surface area contributed by atoms with Gasteiger partial charge in [0.15, 0.2) is 0 Å². The minimum Gasteiger partial charge on any atom is -0.378 e. The summed E-state index contributed by atoms with van der Waals surface area (Å²) < 4.78 is 0. The molecule has 19 heavy (non-hydrogen) atoms. The monoisotopic (exact) mass is 258 g/mol. The number of anilines is 1. The van der Waals surface area contributed by atoms with Crippen LogP contribution in [0, 0.1) is 5.92 Å². The van der Waals surface area contributed by atoms with Crippen LogP contribution in [0.1, 0.15) is 18.0 Å². The van der Waals surface area contributed by atoms with Crippen molar-refractivity contribution in [2.24, 2.45) is 16.6 Å². The topological polar surface area (TPSA) is 70.7 Å². The lowest BCUT2D eigenvalue weighted by Crippen LogP contribution is -2.29. The Hall–Kier alpha value is -1.88. The van der Waals surface area contributed by atoms with E-state index in [1.54, 1.807) is 0 Å². The first-order chi connectivity index (χ1) is 9.16. The van der Waals surface area contributed by atoms with Gasteiger partial charge in [-0.2, -0.15) is 0 Å². The van der Waals surface area contributed by atoms with Gasteiger partial charge >= 0.3 is 0 Å². The lowest BCUT2D eigenvalue weighted by Gasteiger charge is -2.25. The van der Waals surface area contributed by atoms with E-state index < -0.39 is 0 Å². The molecule has 1 fully saturated rings. The molecular formula is C14H18N4O. The first-order valence-electron chi connectivity index (χ1n) is 6.57. The number of fused-ring (bicyclic) bond motifs is 1. The van der Waals surface area contributed by atoms with Crippen molar-refractivity contribution in [2.45, 2.75) is 12.5 Å². The summed E-state index contributed by atoms with van der Waals surface area (Å²) in [5.74, 6) is -0.322. The van der Waals surface area contributed by atoms with Crippen LogP contribution in [-0.2, 0) is 4.79 Å². The summed E-state index contributed by atoms with van der Waals surface area (Å²) in [4.78, 5) is 18.2. The third kappa shape index (κ3) is 2.10. The highest BCUT2D eigenvalue weighted by atomic mass is 16.1. The third-order valence-electron chi connectivity index (χ3n) is 3.99. The summed E-state index contributed by atoms with van der Waals surface area (Å²) >= 11 is 0. The zero-order valence-electron chi connectivity index (χ0n) is 11.0. The van der Waals surface area contributed by atoms with Crippen LogP contribution in [0.15, 0.2) is 23.2 Å². The number of nitrogens with two attached hydrogens (primary N) is 1. The molecule has 2 aliphatic heterocycles. The summed E-state index contributed by atoms with van der Waals surface area (Å²) in [5, 5.41) is 3.27. The van der Waals surface area contributed by atoms with Crippen LogP contribution in [0.3, 0.4) is 0 Å². The van der Waals surface area contributed by atoms with Gasteiger partial charge in [-0.3, -0.25) is 14.7 Å². The highest BCUT2D eigenvalue weighted by Gasteiger charge is 2.36. The summed E-state index contributed by atoms with van der Waals surface area (Å²) in [6.07, 6.45) is 2.69. The summed E-state index contributed by atoms with van der Waals surface area (Å²) in [7, 11) is 2.04. The van der Waals surface area contributed by atoms with Crippen LogP contribution >= 0.6 is 0 Å². The standard InChI is InChI=1S/C14H18N4O/c1-18-7-4-10(14(15)19)13(18)9-2-3-11-12(8-9)17-6-5-16-11/h2-3,6,8,10,13,16H,4-5,7H2,1H3,(H2,15,19). The number of nitrogens with zero attached hydrogens (tertiary/aromatic N) is 2. The van der Waals surface area contributed by atoms with E-state index in [-0.39, 0.29) is 17.9 Å². The summed E-state index contributed by atoms with van der Waals surface area (Å²) in [6, 6.07) is 6.22. The second kappa shape index (κ2) is 4.66. The van der Waals surface area contributed by atoms with E-state index in [1.165, 1.54) is 0 Å². The molecule has 2 heterocycles. The molecule has 5 heteroatoms. The van der Waals surface area contributed by atoms with E-state index in [2.05, 4.69) is 27.3 Å². The van der Waals surface area contributed by atoms with Crippen molar-refractivity contribution in [2.75, 3.05) is 25.5 Å². The average molecular weight is 258 g/mol. The van der Waals surface area contributed by atoms with Crippen LogP contribution in [0.25, 0.3) is 0 Å².